The number of pyridine rings is 1. The molecule has 14 heteroatoms. The number of carbonyl (C=O) groups is 3. The van der Waals surface area contributed by atoms with E-state index in [1.807, 2.05) is 0 Å². The lowest BCUT2D eigenvalue weighted by Gasteiger charge is -2.42. The van der Waals surface area contributed by atoms with Crippen LogP contribution >= 0.6 is 18.9 Å². The molecule has 0 saturated carbocycles. The van der Waals surface area contributed by atoms with E-state index in [0.29, 0.717) is 48.9 Å². The molecule has 6 rings (SSSR count). The molecule has 222 valence electrons. The molecular formula is C28H29F2N4O6PS. The molecule has 0 bridgehead atoms. The maximum absolute atomic E-state index is 14.2. The lowest BCUT2D eigenvalue weighted by molar-refractivity contribution is -0.148. The van der Waals surface area contributed by atoms with E-state index in [1.165, 1.54) is 30.3 Å². The van der Waals surface area contributed by atoms with Gasteiger partial charge in [0.25, 0.3) is 5.91 Å². The number of nitrogens with one attached hydrogen (secondary N) is 1. The fourth-order valence-corrected chi connectivity index (χ4v) is 7.71. The average Bonchev–Trinajstić information content (AvgIpc) is 3.51. The molecule has 1 aromatic carbocycles. The van der Waals surface area contributed by atoms with E-state index < -0.39 is 37.3 Å². The molecule has 3 saturated heterocycles. The van der Waals surface area contributed by atoms with E-state index in [2.05, 4.69) is 10.3 Å². The number of likely N-dealkylation sites (tertiary alicyclic amines) is 1. The molecule has 3 fully saturated rings. The van der Waals surface area contributed by atoms with Crippen LogP contribution in [-0.2, 0) is 14.2 Å². The molecule has 3 aromatic rings. The molecule has 0 aliphatic carbocycles. The Morgan fingerprint density at radius 3 is 2.62 bits per heavy atom. The third-order valence-electron chi connectivity index (χ3n) is 8.40. The number of benzene rings is 1. The molecule has 3 aliphatic heterocycles. The highest BCUT2D eigenvalue weighted by molar-refractivity contribution is 7.51. The second-order valence-corrected chi connectivity index (χ2v) is 13.9. The van der Waals surface area contributed by atoms with Gasteiger partial charge in [0.2, 0.25) is 17.7 Å². The van der Waals surface area contributed by atoms with Gasteiger partial charge in [0.1, 0.15) is 17.9 Å². The second-order valence-electron chi connectivity index (χ2n) is 11.2. The van der Waals surface area contributed by atoms with Gasteiger partial charge >= 0.3 is 7.60 Å². The van der Waals surface area contributed by atoms with E-state index in [9.17, 15) is 27.7 Å². The minimum Gasteiger partial charge on any atom is -0.340 e. The van der Waals surface area contributed by atoms with Gasteiger partial charge in [-0.05, 0) is 72.9 Å². The first kappa shape index (κ1) is 28.9. The Balaban J connectivity index is 1.13. The van der Waals surface area contributed by atoms with Crippen molar-refractivity contribution in [3.05, 3.63) is 64.5 Å². The molecule has 3 aliphatic rings. The van der Waals surface area contributed by atoms with Crippen molar-refractivity contribution in [3.63, 3.8) is 0 Å². The van der Waals surface area contributed by atoms with Crippen LogP contribution in [0.3, 0.4) is 0 Å². The number of hydrogen-bond donors (Lipinski definition) is 3. The van der Waals surface area contributed by atoms with E-state index >= 15 is 0 Å². The molecule has 3 N–H and O–H groups in total. The van der Waals surface area contributed by atoms with Crippen LogP contribution in [0.2, 0.25) is 0 Å². The van der Waals surface area contributed by atoms with Crippen molar-refractivity contribution in [2.45, 2.75) is 62.1 Å². The molecule has 0 radical (unpaired) electrons. The Labute approximate surface area is 243 Å². The van der Waals surface area contributed by atoms with Crippen molar-refractivity contribution in [3.8, 4) is 0 Å². The SMILES string of the molecule is O=C(N[C@H]1CCC[C@H]2CC[C@@H](C(=O)N3CC(c4cncc(F)c4)C3)N2C1=O)c1cc2cc(C(F)P(=O)(O)O)ccc2s1. The van der Waals surface area contributed by atoms with Crippen molar-refractivity contribution in [2.24, 2.45) is 0 Å². The van der Waals surface area contributed by atoms with Gasteiger partial charge in [0.15, 0.2) is 0 Å². The summed E-state index contributed by atoms with van der Waals surface area (Å²) in [5.74, 6) is -3.82. The first-order valence-corrected chi connectivity index (χ1v) is 16.2. The standard InChI is InChI=1S/C28H29F2N4O6PS/c29-19-9-17(11-31-12-19)18-13-33(14-18)28(37)22-6-5-20-2-1-3-21(27(36)34(20)22)32-26(35)24-10-16-8-15(4-7-23(16)42-24)25(30)41(38,39)40/h4,7-12,18,20-22,25H,1-3,5-6,13-14H2,(H,32,35)(H2,38,39,40)/t20-,21-,22-,25?/m0/s1. The van der Waals surface area contributed by atoms with Crippen LogP contribution in [0.15, 0.2) is 42.7 Å². The van der Waals surface area contributed by atoms with Gasteiger partial charge in [-0.25, -0.2) is 8.78 Å². The molecule has 5 heterocycles. The zero-order chi connectivity index (χ0) is 29.8. The van der Waals surface area contributed by atoms with Crippen LogP contribution in [-0.4, -0.2) is 73.5 Å². The highest BCUT2D eigenvalue weighted by Crippen LogP contribution is 2.53. The summed E-state index contributed by atoms with van der Waals surface area (Å²) in [6.07, 6.45) is 5.84. The number of thiophene rings is 1. The van der Waals surface area contributed by atoms with E-state index in [1.54, 1.807) is 16.0 Å². The molecule has 4 atom stereocenters. The minimum absolute atomic E-state index is 0.00816. The summed E-state index contributed by atoms with van der Waals surface area (Å²) in [5.41, 5.74) is 0.553. The predicted molar refractivity (Wildman–Crippen MR) is 150 cm³/mol. The van der Waals surface area contributed by atoms with Crippen molar-refractivity contribution >= 4 is 46.7 Å². The molecule has 3 amide bonds. The van der Waals surface area contributed by atoms with Crippen LogP contribution < -0.4 is 5.32 Å². The topological polar surface area (TPSA) is 140 Å². The van der Waals surface area contributed by atoms with Crippen molar-refractivity contribution in [2.75, 3.05) is 13.1 Å². The molecule has 1 unspecified atom stereocenters. The van der Waals surface area contributed by atoms with Gasteiger partial charge in [-0.3, -0.25) is 23.9 Å². The first-order valence-electron chi connectivity index (χ1n) is 13.7. The van der Waals surface area contributed by atoms with Gasteiger partial charge in [-0.15, -0.1) is 11.3 Å². The maximum atomic E-state index is 14.2. The minimum atomic E-state index is -4.98. The highest BCUT2D eigenvalue weighted by Gasteiger charge is 2.47. The Bertz CT molecular complexity index is 1610. The lowest BCUT2D eigenvalue weighted by atomic mass is 9.91. The summed E-state index contributed by atoms with van der Waals surface area (Å²) in [6, 6.07) is 5.50. The van der Waals surface area contributed by atoms with Crippen LogP contribution in [0.5, 0.6) is 0 Å². The van der Waals surface area contributed by atoms with Crippen molar-refractivity contribution in [1.29, 1.82) is 0 Å². The van der Waals surface area contributed by atoms with Crippen LogP contribution in [0.1, 0.15) is 64.7 Å². The van der Waals surface area contributed by atoms with E-state index in [0.717, 1.165) is 29.5 Å². The Morgan fingerprint density at radius 1 is 1.10 bits per heavy atom. The number of fused-ring (bicyclic) bond motifs is 2. The molecule has 0 spiro atoms. The Kier molecular flexibility index (Phi) is 7.63. The molecule has 42 heavy (non-hydrogen) atoms. The third kappa shape index (κ3) is 5.46. The van der Waals surface area contributed by atoms with Gasteiger partial charge in [-0.1, -0.05) is 6.07 Å². The highest BCUT2D eigenvalue weighted by atomic mass is 32.1. The summed E-state index contributed by atoms with van der Waals surface area (Å²) in [6.45, 7) is 0.858. The number of alkyl halides is 1. The fraction of sp³-hybridized carbons (Fsp3) is 0.429. The first-order chi connectivity index (χ1) is 20.0. The molecule has 2 aromatic heterocycles. The fourth-order valence-electron chi connectivity index (χ4n) is 6.21. The number of hydrogen-bond acceptors (Lipinski definition) is 6. The van der Waals surface area contributed by atoms with Gasteiger partial charge in [-0.2, -0.15) is 0 Å². The number of nitrogens with zero attached hydrogens (tertiary/aromatic N) is 3. The summed E-state index contributed by atoms with van der Waals surface area (Å²) in [7, 11) is -4.98. The number of amides is 3. The van der Waals surface area contributed by atoms with E-state index in [-0.39, 0.29) is 34.2 Å². The van der Waals surface area contributed by atoms with Gasteiger partial charge in [0.05, 0.1) is 11.1 Å². The van der Waals surface area contributed by atoms with Gasteiger partial charge < -0.3 is 24.9 Å². The van der Waals surface area contributed by atoms with E-state index in [4.69, 9.17) is 9.79 Å². The second kappa shape index (κ2) is 11.1. The summed E-state index contributed by atoms with van der Waals surface area (Å²) >= 11 is 1.12. The zero-order valence-corrected chi connectivity index (χ0v) is 24.1. The Morgan fingerprint density at radius 2 is 1.88 bits per heavy atom. The molecule has 10 nitrogen and oxygen atoms in total. The van der Waals surface area contributed by atoms with Crippen LogP contribution in [0.25, 0.3) is 10.1 Å². The quantitative estimate of drug-likeness (QED) is 0.357. The average molecular weight is 619 g/mol. The lowest BCUT2D eigenvalue weighted by Crippen LogP contribution is -2.58. The summed E-state index contributed by atoms with van der Waals surface area (Å²) < 4.78 is 39.7. The van der Waals surface area contributed by atoms with Crippen LogP contribution in [0.4, 0.5) is 8.78 Å². The van der Waals surface area contributed by atoms with Crippen LogP contribution in [0, 0.1) is 5.82 Å². The van der Waals surface area contributed by atoms with Crippen molar-refractivity contribution in [1.82, 2.24) is 20.1 Å². The Hall–Kier alpha value is -3.25. The number of carbonyl (C=O) groups excluding carboxylic acids is 3. The number of aromatic nitrogens is 1. The third-order valence-corrected chi connectivity index (χ3v) is 10.4. The number of halogens is 2. The number of rotatable bonds is 6. The maximum Gasteiger partial charge on any atom is 0.363 e. The summed E-state index contributed by atoms with van der Waals surface area (Å²) in [4.78, 5) is 66.2. The smallest absolute Gasteiger partial charge is 0.340 e. The predicted octanol–water partition coefficient (Wildman–Crippen LogP) is 3.85. The van der Waals surface area contributed by atoms with Crippen molar-refractivity contribution < 1.29 is 37.5 Å². The normalized spacial score (nSPS) is 23.8. The van der Waals surface area contributed by atoms with Gasteiger partial charge in [0, 0.05) is 35.9 Å². The zero-order valence-electron chi connectivity index (χ0n) is 22.4. The summed E-state index contributed by atoms with van der Waals surface area (Å²) in [5, 5.41) is 3.28. The monoisotopic (exact) mass is 618 g/mol. The largest absolute Gasteiger partial charge is 0.363 e. The molecular weight excluding hydrogens is 589 g/mol.